The van der Waals surface area contributed by atoms with Crippen LogP contribution in [0.25, 0.3) is 0 Å². The third-order valence-electron chi connectivity index (χ3n) is 2.69. The molecule has 1 heterocycles. The number of aryl methyl sites for hydroxylation is 1. The fourth-order valence-corrected chi connectivity index (χ4v) is 3.28. The van der Waals surface area contributed by atoms with E-state index in [1.54, 1.807) is 0 Å². The lowest BCUT2D eigenvalue weighted by molar-refractivity contribution is 0.574. The van der Waals surface area contributed by atoms with Crippen molar-refractivity contribution in [1.82, 2.24) is 0 Å². The quantitative estimate of drug-likeness (QED) is 0.889. The summed E-state index contributed by atoms with van der Waals surface area (Å²) in [7, 11) is 0. The maximum absolute atomic E-state index is 13.5. The van der Waals surface area contributed by atoms with Gasteiger partial charge in [0.1, 0.15) is 11.6 Å². The van der Waals surface area contributed by atoms with Crippen molar-refractivity contribution >= 4 is 27.3 Å². The molecule has 0 amide bonds. The van der Waals surface area contributed by atoms with Gasteiger partial charge in [0.15, 0.2) is 0 Å². The maximum atomic E-state index is 13.5. The lowest BCUT2D eigenvalue weighted by Gasteiger charge is -2.10. The molecule has 2 N–H and O–H groups in total. The zero-order valence-corrected chi connectivity index (χ0v) is 12.1. The van der Waals surface area contributed by atoms with E-state index >= 15 is 0 Å². The second-order valence-electron chi connectivity index (χ2n) is 4.15. The highest BCUT2D eigenvalue weighted by molar-refractivity contribution is 9.11. The first kappa shape index (κ1) is 13.6. The Morgan fingerprint density at radius 2 is 2.06 bits per heavy atom. The fourth-order valence-electron chi connectivity index (χ4n) is 1.70. The van der Waals surface area contributed by atoms with E-state index in [2.05, 4.69) is 15.9 Å². The average Bonchev–Trinajstić information content (AvgIpc) is 2.64. The molecule has 96 valence electrons. The maximum Gasteiger partial charge on any atom is 0.126 e. The van der Waals surface area contributed by atoms with Crippen LogP contribution < -0.4 is 5.73 Å². The number of hydrogen-bond acceptors (Lipinski definition) is 2. The van der Waals surface area contributed by atoms with Gasteiger partial charge >= 0.3 is 0 Å². The second-order valence-corrected chi connectivity index (χ2v) is 6.55. The molecule has 0 aliphatic heterocycles. The minimum absolute atomic E-state index is 0.288. The van der Waals surface area contributed by atoms with Crippen LogP contribution in [0.2, 0.25) is 0 Å². The molecule has 0 aliphatic carbocycles. The normalized spacial score (nSPS) is 12.7. The summed E-state index contributed by atoms with van der Waals surface area (Å²) < 4.78 is 27.6. The minimum atomic E-state index is -0.442. The Bertz CT molecular complexity index is 549. The third kappa shape index (κ3) is 2.96. The van der Waals surface area contributed by atoms with Gasteiger partial charge in [-0.2, -0.15) is 0 Å². The molecule has 18 heavy (non-hydrogen) atoms. The van der Waals surface area contributed by atoms with E-state index in [0.717, 1.165) is 26.4 Å². The SMILES string of the molecule is Cc1cc(C(N)Cc2cc(F)ccc2F)sc1Br. The Balaban J connectivity index is 2.20. The number of benzene rings is 1. The number of thiophene rings is 1. The number of rotatable bonds is 3. The Morgan fingerprint density at radius 1 is 1.33 bits per heavy atom. The molecule has 0 radical (unpaired) electrons. The molecule has 0 spiro atoms. The van der Waals surface area contributed by atoms with Gasteiger partial charge in [0.25, 0.3) is 0 Å². The summed E-state index contributed by atoms with van der Waals surface area (Å²) in [6.07, 6.45) is 0.288. The first-order valence-electron chi connectivity index (χ1n) is 5.42. The summed E-state index contributed by atoms with van der Waals surface area (Å²) >= 11 is 4.95. The van der Waals surface area contributed by atoms with E-state index in [-0.39, 0.29) is 12.5 Å². The van der Waals surface area contributed by atoms with Crippen LogP contribution in [-0.4, -0.2) is 0 Å². The largest absolute Gasteiger partial charge is 0.323 e. The summed E-state index contributed by atoms with van der Waals surface area (Å²) in [5.74, 6) is -0.860. The number of hydrogen-bond donors (Lipinski definition) is 1. The Morgan fingerprint density at radius 3 is 2.67 bits per heavy atom. The highest BCUT2D eigenvalue weighted by Gasteiger charge is 2.14. The van der Waals surface area contributed by atoms with E-state index < -0.39 is 11.6 Å². The molecule has 1 aromatic heterocycles. The first-order valence-corrected chi connectivity index (χ1v) is 7.03. The molecule has 0 bridgehead atoms. The molecule has 0 fully saturated rings. The van der Waals surface area contributed by atoms with Gasteiger partial charge in [0.2, 0.25) is 0 Å². The van der Waals surface area contributed by atoms with Crippen molar-refractivity contribution in [3.05, 3.63) is 55.7 Å². The van der Waals surface area contributed by atoms with Crippen LogP contribution >= 0.6 is 27.3 Å². The standard InChI is InChI=1S/C13H12BrF2NS/c1-7-4-12(18-13(7)14)11(17)6-8-5-9(15)2-3-10(8)16/h2-5,11H,6,17H2,1H3. The van der Waals surface area contributed by atoms with Crippen molar-refractivity contribution in [1.29, 1.82) is 0 Å². The van der Waals surface area contributed by atoms with E-state index in [9.17, 15) is 8.78 Å². The van der Waals surface area contributed by atoms with Crippen LogP contribution in [0.1, 0.15) is 22.0 Å². The van der Waals surface area contributed by atoms with Crippen LogP contribution in [0, 0.1) is 18.6 Å². The van der Waals surface area contributed by atoms with Crippen molar-refractivity contribution in [3.8, 4) is 0 Å². The Hall–Kier alpha value is -0.780. The highest BCUT2D eigenvalue weighted by atomic mass is 79.9. The van der Waals surface area contributed by atoms with Crippen LogP contribution in [-0.2, 0) is 6.42 Å². The molecule has 1 nitrogen and oxygen atoms in total. The summed E-state index contributed by atoms with van der Waals surface area (Å²) in [6.45, 7) is 1.97. The summed E-state index contributed by atoms with van der Waals surface area (Å²) in [5.41, 5.74) is 7.44. The predicted molar refractivity (Wildman–Crippen MR) is 73.7 cm³/mol. The molecule has 1 aromatic carbocycles. The van der Waals surface area contributed by atoms with Gasteiger partial charge < -0.3 is 5.73 Å². The lowest BCUT2D eigenvalue weighted by Crippen LogP contribution is -2.13. The molecule has 0 saturated carbocycles. The van der Waals surface area contributed by atoms with Crippen LogP contribution in [0.3, 0.4) is 0 Å². The molecule has 1 unspecified atom stereocenters. The molecule has 2 aromatic rings. The second kappa shape index (κ2) is 5.47. The molecule has 0 saturated heterocycles. The fraction of sp³-hybridized carbons (Fsp3) is 0.231. The highest BCUT2D eigenvalue weighted by Crippen LogP contribution is 2.32. The molecular weight excluding hydrogens is 320 g/mol. The van der Waals surface area contributed by atoms with Gasteiger partial charge in [-0.3, -0.25) is 0 Å². The van der Waals surface area contributed by atoms with Crippen LogP contribution in [0.4, 0.5) is 8.78 Å². The van der Waals surface area contributed by atoms with Crippen LogP contribution in [0.15, 0.2) is 28.1 Å². The van der Waals surface area contributed by atoms with Gasteiger partial charge in [-0.25, -0.2) is 8.78 Å². The van der Waals surface area contributed by atoms with E-state index in [1.165, 1.54) is 17.4 Å². The van der Waals surface area contributed by atoms with Crippen molar-refractivity contribution in [2.75, 3.05) is 0 Å². The topological polar surface area (TPSA) is 26.0 Å². The van der Waals surface area contributed by atoms with Crippen molar-refractivity contribution in [2.45, 2.75) is 19.4 Å². The third-order valence-corrected chi connectivity index (χ3v) is 4.96. The van der Waals surface area contributed by atoms with E-state index in [4.69, 9.17) is 5.73 Å². The van der Waals surface area contributed by atoms with Crippen LogP contribution in [0.5, 0.6) is 0 Å². The van der Waals surface area contributed by atoms with Gasteiger partial charge in [-0.15, -0.1) is 11.3 Å². The van der Waals surface area contributed by atoms with Gasteiger partial charge in [0.05, 0.1) is 3.79 Å². The Labute approximate surface area is 117 Å². The zero-order chi connectivity index (χ0) is 13.3. The van der Waals surface area contributed by atoms with Crippen molar-refractivity contribution < 1.29 is 8.78 Å². The van der Waals surface area contributed by atoms with E-state index in [0.29, 0.717) is 5.56 Å². The number of nitrogens with two attached hydrogens (primary N) is 1. The van der Waals surface area contributed by atoms with E-state index in [1.807, 2.05) is 13.0 Å². The summed E-state index contributed by atoms with van der Waals surface area (Å²) in [5, 5.41) is 0. The molecule has 5 heteroatoms. The lowest BCUT2D eigenvalue weighted by atomic mass is 10.0. The number of halogens is 3. The predicted octanol–water partition coefficient (Wildman–Crippen LogP) is 4.34. The van der Waals surface area contributed by atoms with Gasteiger partial charge in [-0.1, -0.05) is 0 Å². The van der Waals surface area contributed by atoms with Crippen molar-refractivity contribution in [3.63, 3.8) is 0 Å². The Kier molecular flexibility index (Phi) is 4.14. The molecular formula is C13H12BrF2NS. The first-order chi connectivity index (χ1) is 8.47. The average molecular weight is 332 g/mol. The summed E-state index contributed by atoms with van der Waals surface area (Å²) in [6, 6.07) is 5.08. The zero-order valence-electron chi connectivity index (χ0n) is 9.71. The molecule has 0 aliphatic rings. The van der Waals surface area contributed by atoms with Gasteiger partial charge in [0, 0.05) is 10.9 Å². The van der Waals surface area contributed by atoms with Gasteiger partial charge in [-0.05, 0) is 64.7 Å². The molecule has 1 atom stereocenters. The van der Waals surface area contributed by atoms with Crippen molar-refractivity contribution in [2.24, 2.45) is 5.73 Å². The molecule has 2 rings (SSSR count). The smallest absolute Gasteiger partial charge is 0.126 e. The minimum Gasteiger partial charge on any atom is -0.323 e. The monoisotopic (exact) mass is 331 g/mol. The summed E-state index contributed by atoms with van der Waals surface area (Å²) in [4.78, 5) is 0.961.